The van der Waals surface area contributed by atoms with Crippen molar-refractivity contribution in [1.29, 1.82) is 0 Å². The second-order valence-electron chi connectivity index (χ2n) is 5.86. The molecule has 3 heterocycles. The summed E-state index contributed by atoms with van der Waals surface area (Å²) in [6.07, 6.45) is 0. The number of thiazole rings is 1. The lowest BCUT2D eigenvalue weighted by Crippen LogP contribution is -2.58. The van der Waals surface area contributed by atoms with Gasteiger partial charge in [0.15, 0.2) is 0 Å². The van der Waals surface area contributed by atoms with Crippen molar-refractivity contribution in [2.45, 2.75) is 6.04 Å². The van der Waals surface area contributed by atoms with Crippen LogP contribution in [-0.4, -0.2) is 52.4 Å². The minimum absolute atomic E-state index is 0.0298. The van der Waals surface area contributed by atoms with Crippen LogP contribution in [0.1, 0.15) is 10.5 Å². The summed E-state index contributed by atoms with van der Waals surface area (Å²) in [5, 5.41) is 4.67. The number of fused-ring (bicyclic) bond motifs is 1. The molecule has 0 spiro atoms. The smallest absolute Gasteiger partial charge is 0.321 e. The van der Waals surface area contributed by atoms with E-state index in [1.165, 1.54) is 11.3 Å². The number of anilines is 1. The molecule has 6 nitrogen and oxygen atoms in total. The topological polar surface area (TPSA) is 65.5 Å². The molecule has 2 aromatic rings. The Morgan fingerprint density at radius 2 is 2.00 bits per heavy atom. The third-order valence-corrected chi connectivity index (χ3v) is 5.05. The van der Waals surface area contributed by atoms with Gasteiger partial charge >= 0.3 is 6.03 Å². The van der Waals surface area contributed by atoms with E-state index in [-0.39, 0.29) is 18.0 Å². The molecule has 7 heteroatoms. The van der Waals surface area contributed by atoms with Crippen molar-refractivity contribution in [2.75, 3.05) is 25.0 Å². The van der Waals surface area contributed by atoms with E-state index in [2.05, 4.69) is 10.3 Å². The summed E-state index contributed by atoms with van der Waals surface area (Å²) in [6.45, 7) is 1.99. The largest absolute Gasteiger partial charge is 0.332 e. The molecule has 0 aliphatic carbocycles. The highest BCUT2D eigenvalue weighted by Gasteiger charge is 2.49. The van der Waals surface area contributed by atoms with Crippen molar-refractivity contribution in [3.8, 4) is 0 Å². The maximum Gasteiger partial charge on any atom is 0.321 e. The van der Waals surface area contributed by atoms with Gasteiger partial charge in [-0.05, 0) is 12.1 Å². The van der Waals surface area contributed by atoms with Crippen molar-refractivity contribution in [1.82, 2.24) is 14.8 Å². The molecule has 2 atom stereocenters. The fraction of sp³-hybridized carbons (Fsp3) is 0.312. The van der Waals surface area contributed by atoms with Crippen LogP contribution in [0.3, 0.4) is 0 Å². The molecule has 0 saturated carbocycles. The Labute approximate surface area is 137 Å². The van der Waals surface area contributed by atoms with E-state index in [0.717, 1.165) is 5.69 Å². The second kappa shape index (κ2) is 5.66. The Morgan fingerprint density at radius 3 is 2.74 bits per heavy atom. The number of nitrogens with one attached hydrogen (secondary N) is 1. The molecule has 1 N–H and O–H groups in total. The van der Waals surface area contributed by atoms with Gasteiger partial charge in [0.25, 0.3) is 5.91 Å². The van der Waals surface area contributed by atoms with Crippen LogP contribution in [0.25, 0.3) is 0 Å². The third-order valence-electron chi connectivity index (χ3n) is 4.46. The Hall–Kier alpha value is -2.41. The van der Waals surface area contributed by atoms with E-state index in [1.54, 1.807) is 15.8 Å². The summed E-state index contributed by atoms with van der Waals surface area (Å²) in [5.74, 6) is 0.344. The number of likely N-dealkylation sites (tertiary alicyclic amines) is 2. The molecule has 2 fully saturated rings. The first-order valence-corrected chi connectivity index (χ1v) is 8.47. The fourth-order valence-corrected chi connectivity index (χ4v) is 3.75. The van der Waals surface area contributed by atoms with E-state index in [9.17, 15) is 9.59 Å². The average molecular weight is 328 g/mol. The molecular formula is C16H16N4O2S. The number of hydrogen-bond acceptors (Lipinski definition) is 4. The van der Waals surface area contributed by atoms with Gasteiger partial charge in [-0.25, -0.2) is 9.78 Å². The number of urea groups is 1. The number of rotatable bonds is 2. The standard InChI is InChI=1S/C16H16N4O2S/c21-15(13-9-23-10-17-13)20-7-11-6-19(8-14(11)20)16(22)18-12-4-2-1-3-5-12/h1-5,9-11,14H,6-8H2,(H,18,22)/t11-,14+/m0/s1. The zero-order valence-electron chi connectivity index (χ0n) is 12.4. The summed E-state index contributed by atoms with van der Waals surface area (Å²) in [7, 11) is 0. The summed E-state index contributed by atoms with van der Waals surface area (Å²) in [6, 6.07) is 9.42. The Balaban J connectivity index is 1.38. The van der Waals surface area contributed by atoms with Crippen LogP contribution in [-0.2, 0) is 0 Å². The molecule has 0 radical (unpaired) electrons. The van der Waals surface area contributed by atoms with Crippen LogP contribution in [0.2, 0.25) is 0 Å². The van der Waals surface area contributed by atoms with Gasteiger partial charge in [-0.15, -0.1) is 11.3 Å². The molecule has 2 saturated heterocycles. The van der Waals surface area contributed by atoms with Crippen LogP contribution >= 0.6 is 11.3 Å². The van der Waals surface area contributed by atoms with E-state index in [4.69, 9.17) is 0 Å². The molecular weight excluding hydrogens is 312 g/mol. The zero-order valence-corrected chi connectivity index (χ0v) is 13.2. The van der Waals surface area contributed by atoms with Gasteiger partial charge in [-0.2, -0.15) is 0 Å². The van der Waals surface area contributed by atoms with Gasteiger partial charge in [0.2, 0.25) is 0 Å². The molecule has 4 rings (SSSR count). The highest BCUT2D eigenvalue weighted by atomic mass is 32.1. The maximum absolute atomic E-state index is 12.3. The Bertz CT molecular complexity index is 719. The molecule has 0 unspecified atom stereocenters. The van der Waals surface area contributed by atoms with E-state index >= 15 is 0 Å². The van der Waals surface area contributed by atoms with Gasteiger partial charge in [0.1, 0.15) is 5.69 Å². The number of nitrogens with zero attached hydrogens (tertiary/aromatic N) is 3. The fourth-order valence-electron chi connectivity index (χ4n) is 3.23. The predicted octanol–water partition coefficient (Wildman–Crippen LogP) is 2.13. The SMILES string of the molecule is O=C(Nc1ccccc1)N1C[C@H]2CN(C(=O)c3cscn3)[C@@H]2C1. The number of carbonyl (C=O) groups excluding carboxylic acids is 2. The number of para-hydroxylation sites is 1. The number of carbonyl (C=O) groups is 2. The lowest BCUT2D eigenvalue weighted by atomic mass is 9.92. The van der Waals surface area contributed by atoms with Gasteiger partial charge in [-0.1, -0.05) is 18.2 Å². The van der Waals surface area contributed by atoms with Crippen molar-refractivity contribution in [2.24, 2.45) is 5.92 Å². The van der Waals surface area contributed by atoms with Crippen LogP contribution in [0.5, 0.6) is 0 Å². The first-order valence-electron chi connectivity index (χ1n) is 7.52. The first kappa shape index (κ1) is 14.2. The van der Waals surface area contributed by atoms with Gasteiger partial charge in [0.05, 0.1) is 11.6 Å². The molecule has 2 aliphatic heterocycles. The molecule has 0 bridgehead atoms. The first-order chi connectivity index (χ1) is 11.2. The summed E-state index contributed by atoms with van der Waals surface area (Å²) < 4.78 is 0. The molecule has 1 aromatic heterocycles. The van der Waals surface area contributed by atoms with Crippen molar-refractivity contribution >= 4 is 29.0 Å². The summed E-state index contributed by atoms with van der Waals surface area (Å²) >= 11 is 1.42. The monoisotopic (exact) mass is 328 g/mol. The predicted molar refractivity (Wildman–Crippen MR) is 87.5 cm³/mol. The quantitative estimate of drug-likeness (QED) is 0.918. The number of benzene rings is 1. The van der Waals surface area contributed by atoms with E-state index in [1.807, 2.05) is 35.2 Å². The van der Waals surface area contributed by atoms with Crippen molar-refractivity contribution < 1.29 is 9.59 Å². The van der Waals surface area contributed by atoms with Crippen LogP contribution in [0.4, 0.5) is 10.5 Å². The number of amides is 3. The van der Waals surface area contributed by atoms with Crippen LogP contribution in [0.15, 0.2) is 41.2 Å². The van der Waals surface area contributed by atoms with Gasteiger partial charge < -0.3 is 15.1 Å². The van der Waals surface area contributed by atoms with Gasteiger partial charge in [-0.3, -0.25) is 4.79 Å². The highest BCUT2D eigenvalue weighted by Crippen LogP contribution is 2.33. The molecule has 3 amide bonds. The molecule has 2 aliphatic rings. The van der Waals surface area contributed by atoms with Crippen molar-refractivity contribution in [3.05, 3.63) is 46.9 Å². The average Bonchev–Trinajstić information content (AvgIpc) is 3.17. The van der Waals surface area contributed by atoms with E-state index in [0.29, 0.717) is 31.2 Å². The number of hydrogen-bond donors (Lipinski definition) is 1. The zero-order chi connectivity index (χ0) is 15.8. The summed E-state index contributed by atoms with van der Waals surface area (Å²) in [5.41, 5.74) is 2.95. The lowest BCUT2D eigenvalue weighted by Gasteiger charge is -2.42. The maximum atomic E-state index is 12.3. The molecule has 1 aromatic carbocycles. The number of aromatic nitrogens is 1. The van der Waals surface area contributed by atoms with Crippen LogP contribution in [0, 0.1) is 5.92 Å². The third kappa shape index (κ3) is 2.57. The molecule has 23 heavy (non-hydrogen) atoms. The normalized spacial score (nSPS) is 22.4. The lowest BCUT2D eigenvalue weighted by molar-refractivity contribution is 0.0322. The minimum Gasteiger partial charge on any atom is -0.332 e. The van der Waals surface area contributed by atoms with Crippen molar-refractivity contribution in [3.63, 3.8) is 0 Å². The Morgan fingerprint density at radius 1 is 1.17 bits per heavy atom. The second-order valence-corrected chi connectivity index (χ2v) is 6.58. The van der Waals surface area contributed by atoms with Gasteiger partial charge in [0, 0.05) is 36.6 Å². The highest BCUT2D eigenvalue weighted by molar-refractivity contribution is 7.07. The molecule has 118 valence electrons. The summed E-state index contributed by atoms with van der Waals surface area (Å²) in [4.78, 5) is 32.4. The van der Waals surface area contributed by atoms with Crippen LogP contribution < -0.4 is 5.32 Å². The Kier molecular flexibility index (Phi) is 3.49. The minimum atomic E-state index is -0.105. The van der Waals surface area contributed by atoms with E-state index < -0.39 is 0 Å².